The number of amides is 2. The number of carbonyl (C=O) groups is 2. The Kier molecular flexibility index (Phi) is 6.76. The molecule has 1 saturated carbocycles. The highest BCUT2D eigenvalue weighted by Gasteiger charge is 2.41. The summed E-state index contributed by atoms with van der Waals surface area (Å²) in [7, 11) is -1.20. The predicted molar refractivity (Wildman–Crippen MR) is 131 cm³/mol. The molecule has 2 atom stereocenters. The average molecular weight is 473 g/mol. The number of rotatable bonds is 7. The topological polar surface area (TPSA) is 115 Å². The summed E-state index contributed by atoms with van der Waals surface area (Å²) < 4.78 is 7.51. The number of pyridine rings is 1. The molecule has 1 saturated heterocycles. The van der Waals surface area contributed by atoms with Gasteiger partial charge in [-0.3, -0.25) is 9.59 Å². The Bertz CT molecular complexity index is 1030. The van der Waals surface area contributed by atoms with Gasteiger partial charge in [0.1, 0.15) is 12.5 Å². The summed E-state index contributed by atoms with van der Waals surface area (Å²) in [5.74, 6) is 0.141. The number of anilines is 2. The molecule has 2 aliphatic rings. The Morgan fingerprint density at radius 3 is 2.67 bits per heavy atom. The lowest BCUT2D eigenvalue weighted by molar-refractivity contribution is -0.146. The predicted octanol–water partition coefficient (Wildman–Crippen LogP) is 3.30. The van der Waals surface area contributed by atoms with Crippen molar-refractivity contribution in [3.05, 3.63) is 12.4 Å². The first-order valence-corrected chi connectivity index (χ1v) is 15.6. The molecule has 2 fully saturated rings. The van der Waals surface area contributed by atoms with Crippen molar-refractivity contribution in [1.29, 1.82) is 0 Å². The van der Waals surface area contributed by atoms with E-state index in [2.05, 4.69) is 42.0 Å². The molecule has 0 bridgehead atoms. The van der Waals surface area contributed by atoms with Crippen LogP contribution in [0.4, 0.5) is 11.5 Å². The summed E-state index contributed by atoms with van der Waals surface area (Å²) in [5, 5.41) is 7.79. The van der Waals surface area contributed by atoms with Crippen molar-refractivity contribution in [1.82, 2.24) is 19.7 Å². The second-order valence-electron chi connectivity index (χ2n) is 10.8. The second-order valence-corrected chi connectivity index (χ2v) is 16.4. The smallest absolute Gasteiger partial charge is 0.314 e. The van der Waals surface area contributed by atoms with Gasteiger partial charge in [0.2, 0.25) is 0 Å². The van der Waals surface area contributed by atoms with Crippen LogP contribution in [-0.2, 0) is 21.1 Å². The number of nitrogens with two attached hydrogens (primary N) is 1. The largest absolute Gasteiger partial charge is 0.383 e. The highest BCUT2D eigenvalue weighted by atomic mass is 28.3. The number of fused-ring (bicyclic) bond motifs is 1. The number of nitrogens with one attached hydrogen (secondary N) is 1. The number of likely N-dealkylation sites (tertiary alicyclic amines) is 1. The maximum atomic E-state index is 13.1. The van der Waals surface area contributed by atoms with Gasteiger partial charge in [0.05, 0.1) is 29.0 Å². The molecule has 2 amide bonds. The summed E-state index contributed by atoms with van der Waals surface area (Å²) in [6.45, 7) is 10.5. The molecule has 10 heteroatoms. The summed E-state index contributed by atoms with van der Waals surface area (Å²) in [4.78, 5) is 32.1. The summed E-state index contributed by atoms with van der Waals surface area (Å²) in [5.41, 5.74) is 7.07. The molecular weight excluding hydrogens is 436 g/mol. The Hall–Kier alpha value is -2.46. The second kappa shape index (κ2) is 9.42. The van der Waals surface area contributed by atoms with Crippen LogP contribution in [0.25, 0.3) is 10.9 Å². The molecular formula is C23H36N6O3Si. The Balaban J connectivity index is 1.50. The number of nitrogen functional groups attached to an aromatic ring is 1. The lowest BCUT2D eigenvalue weighted by atomic mass is 9.91. The van der Waals surface area contributed by atoms with Crippen LogP contribution in [0.15, 0.2) is 12.4 Å². The SMILES string of the molecule is C[C@H]1CC[C@H](C2CC2)N(C(=O)C(=O)Nc2cnc(N)c3cnn(COCC[Si](C)(C)C)c23)C1. The van der Waals surface area contributed by atoms with E-state index in [1.165, 1.54) is 6.20 Å². The van der Waals surface area contributed by atoms with Crippen LogP contribution in [0.2, 0.25) is 25.7 Å². The third kappa shape index (κ3) is 5.55. The fourth-order valence-electron chi connectivity index (χ4n) is 4.52. The van der Waals surface area contributed by atoms with E-state index in [4.69, 9.17) is 10.5 Å². The van der Waals surface area contributed by atoms with Gasteiger partial charge < -0.3 is 20.7 Å². The number of carbonyl (C=O) groups excluding carboxylic acids is 2. The molecule has 2 aromatic heterocycles. The molecule has 4 rings (SSSR count). The van der Waals surface area contributed by atoms with Crippen LogP contribution in [0.3, 0.4) is 0 Å². The number of hydrogen-bond acceptors (Lipinski definition) is 6. The molecule has 2 aromatic rings. The lowest BCUT2D eigenvalue weighted by Gasteiger charge is -2.38. The average Bonchev–Trinajstić information content (AvgIpc) is 3.51. The van der Waals surface area contributed by atoms with Gasteiger partial charge in [-0.05, 0) is 43.6 Å². The summed E-state index contributed by atoms with van der Waals surface area (Å²) in [6.07, 6.45) is 7.46. The van der Waals surface area contributed by atoms with Crippen LogP contribution in [0, 0.1) is 11.8 Å². The van der Waals surface area contributed by atoms with Crippen molar-refractivity contribution in [2.75, 3.05) is 24.2 Å². The molecule has 33 heavy (non-hydrogen) atoms. The van der Waals surface area contributed by atoms with Gasteiger partial charge in [-0.2, -0.15) is 5.10 Å². The van der Waals surface area contributed by atoms with E-state index in [0.717, 1.165) is 31.7 Å². The first-order chi connectivity index (χ1) is 15.6. The van der Waals surface area contributed by atoms with E-state index < -0.39 is 19.9 Å². The van der Waals surface area contributed by atoms with E-state index in [-0.39, 0.29) is 12.8 Å². The van der Waals surface area contributed by atoms with Crippen LogP contribution in [0.1, 0.15) is 32.6 Å². The first kappa shape index (κ1) is 23.7. The Morgan fingerprint density at radius 2 is 1.97 bits per heavy atom. The third-order valence-corrected chi connectivity index (χ3v) is 8.35. The van der Waals surface area contributed by atoms with Crippen LogP contribution < -0.4 is 11.1 Å². The van der Waals surface area contributed by atoms with E-state index in [1.54, 1.807) is 15.8 Å². The Morgan fingerprint density at radius 1 is 1.21 bits per heavy atom. The highest BCUT2D eigenvalue weighted by Crippen LogP contribution is 2.40. The van der Waals surface area contributed by atoms with Gasteiger partial charge in [0.15, 0.2) is 0 Å². The van der Waals surface area contributed by atoms with Crippen molar-refractivity contribution in [2.24, 2.45) is 11.8 Å². The number of aromatic nitrogens is 3. The third-order valence-electron chi connectivity index (χ3n) is 6.65. The van der Waals surface area contributed by atoms with Gasteiger partial charge in [-0.25, -0.2) is 9.67 Å². The van der Waals surface area contributed by atoms with Crippen molar-refractivity contribution >= 4 is 42.3 Å². The lowest BCUT2D eigenvalue weighted by Crippen LogP contribution is -2.51. The maximum absolute atomic E-state index is 13.1. The van der Waals surface area contributed by atoms with E-state index >= 15 is 0 Å². The highest BCUT2D eigenvalue weighted by molar-refractivity contribution is 6.76. The van der Waals surface area contributed by atoms with E-state index in [0.29, 0.717) is 47.4 Å². The van der Waals surface area contributed by atoms with Crippen LogP contribution in [0.5, 0.6) is 0 Å². The zero-order valence-corrected chi connectivity index (χ0v) is 21.1. The zero-order chi connectivity index (χ0) is 23.8. The summed E-state index contributed by atoms with van der Waals surface area (Å²) in [6, 6.07) is 1.22. The fourth-order valence-corrected chi connectivity index (χ4v) is 5.28. The van der Waals surface area contributed by atoms with E-state index in [1.807, 2.05) is 0 Å². The minimum atomic E-state index is -1.20. The van der Waals surface area contributed by atoms with Crippen molar-refractivity contribution in [3.8, 4) is 0 Å². The van der Waals surface area contributed by atoms with Gasteiger partial charge in [0, 0.05) is 27.3 Å². The molecule has 0 aromatic carbocycles. The number of ether oxygens (including phenoxy) is 1. The van der Waals surface area contributed by atoms with Crippen LogP contribution >= 0.6 is 0 Å². The van der Waals surface area contributed by atoms with Gasteiger partial charge >= 0.3 is 11.8 Å². The van der Waals surface area contributed by atoms with Gasteiger partial charge in [-0.1, -0.05) is 26.6 Å². The molecule has 3 heterocycles. The molecule has 0 spiro atoms. The molecule has 1 aliphatic heterocycles. The monoisotopic (exact) mass is 472 g/mol. The zero-order valence-electron chi connectivity index (χ0n) is 20.1. The van der Waals surface area contributed by atoms with Crippen molar-refractivity contribution in [3.63, 3.8) is 0 Å². The summed E-state index contributed by atoms with van der Waals surface area (Å²) >= 11 is 0. The van der Waals surface area contributed by atoms with Gasteiger partial charge in [0.25, 0.3) is 0 Å². The van der Waals surface area contributed by atoms with E-state index in [9.17, 15) is 9.59 Å². The molecule has 3 N–H and O–H groups in total. The standard InChI is InChI=1S/C23H36N6O3Si/c1-15-5-8-19(16-6-7-16)28(13-15)23(31)22(30)27-18-12-25-21(24)17-11-26-29(20(17)18)14-32-9-10-33(2,3)4/h11-12,15-16,19H,5-10,13-14H2,1-4H3,(H2,24,25)(H,27,30)/t15-,19+/m0/s1. The Labute approximate surface area is 196 Å². The number of hydrogen-bond donors (Lipinski definition) is 2. The minimum Gasteiger partial charge on any atom is -0.383 e. The molecule has 9 nitrogen and oxygen atoms in total. The van der Waals surface area contributed by atoms with Crippen LogP contribution in [-0.4, -0.2) is 58.7 Å². The number of piperidine rings is 1. The maximum Gasteiger partial charge on any atom is 0.314 e. The molecule has 180 valence electrons. The minimum absolute atomic E-state index is 0.175. The van der Waals surface area contributed by atoms with Gasteiger partial charge in [-0.15, -0.1) is 0 Å². The fraction of sp³-hybridized carbons (Fsp3) is 0.652. The molecule has 0 unspecified atom stereocenters. The van der Waals surface area contributed by atoms with Crippen molar-refractivity contribution < 1.29 is 14.3 Å². The van der Waals surface area contributed by atoms with Crippen molar-refractivity contribution in [2.45, 2.75) is 71.1 Å². The quantitative estimate of drug-likeness (QED) is 0.363. The molecule has 1 aliphatic carbocycles. The first-order valence-electron chi connectivity index (χ1n) is 11.9. The number of nitrogens with zero attached hydrogens (tertiary/aromatic N) is 4. The molecule has 0 radical (unpaired) electrons. The normalized spacial score (nSPS) is 21.4.